The molecule has 5 heteroatoms. The molecule has 0 fully saturated rings. The molecule has 0 radical (unpaired) electrons. The maximum Gasteiger partial charge on any atom is 0.258 e. The minimum atomic E-state index is -0.714. The Kier molecular flexibility index (Phi) is 3.86. The smallest absolute Gasteiger partial charge is 0.258 e. The Labute approximate surface area is 144 Å². The zero-order valence-corrected chi connectivity index (χ0v) is 13.6. The van der Waals surface area contributed by atoms with Crippen molar-refractivity contribution in [2.24, 2.45) is 0 Å². The van der Waals surface area contributed by atoms with E-state index in [0.717, 1.165) is 16.5 Å². The topological polar surface area (TPSA) is 71.3 Å². The van der Waals surface area contributed by atoms with Crippen LogP contribution >= 0.6 is 0 Å². The van der Waals surface area contributed by atoms with Gasteiger partial charge in [0, 0.05) is 11.6 Å². The number of aromatic nitrogens is 1. The largest absolute Gasteiger partial charge is 0.386 e. The third kappa shape index (κ3) is 2.83. The number of pyridine rings is 1. The Hall–Kier alpha value is -2.92. The molecular weight excluding hydrogens is 316 g/mol. The maximum absolute atomic E-state index is 12.5. The van der Waals surface area contributed by atoms with Crippen molar-refractivity contribution >= 4 is 16.7 Å². The van der Waals surface area contributed by atoms with Crippen molar-refractivity contribution in [3.8, 4) is 0 Å². The summed E-state index contributed by atoms with van der Waals surface area (Å²) in [5.41, 5.74) is 1.71. The van der Waals surface area contributed by atoms with E-state index < -0.39 is 6.10 Å². The molecule has 0 bridgehead atoms. The molecule has 1 aliphatic rings. The van der Waals surface area contributed by atoms with Crippen molar-refractivity contribution in [2.45, 2.75) is 25.1 Å². The van der Waals surface area contributed by atoms with E-state index in [1.54, 1.807) is 18.3 Å². The summed E-state index contributed by atoms with van der Waals surface area (Å²) in [6.07, 6.45) is 1.51. The van der Waals surface area contributed by atoms with Crippen LogP contribution in [0.4, 0.5) is 0 Å². The highest BCUT2D eigenvalue weighted by Gasteiger charge is 2.31. The number of benzene rings is 2. The van der Waals surface area contributed by atoms with Crippen LogP contribution in [0.1, 0.15) is 17.2 Å². The van der Waals surface area contributed by atoms with Crippen molar-refractivity contribution in [2.75, 3.05) is 0 Å². The Morgan fingerprint density at radius 2 is 1.88 bits per heavy atom. The highest BCUT2D eigenvalue weighted by Crippen LogP contribution is 2.30. The van der Waals surface area contributed by atoms with E-state index in [4.69, 9.17) is 0 Å². The van der Waals surface area contributed by atoms with E-state index in [1.807, 2.05) is 42.5 Å². The number of aliphatic hydroxyl groups excluding tert-OH is 1. The Morgan fingerprint density at radius 1 is 1.12 bits per heavy atom. The van der Waals surface area contributed by atoms with Gasteiger partial charge >= 0.3 is 0 Å². The van der Waals surface area contributed by atoms with Gasteiger partial charge < -0.3 is 15.0 Å². The molecular formula is C20H18N2O3. The molecule has 2 atom stereocenters. The first kappa shape index (κ1) is 15.6. The predicted octanol–water partition coefficient (Wildman–Crippen LogP) is 1.78. The van der Waals surface area contributed by atoms with E-state index in [-0.39, 0.29) is 24.1 Å². The Balaban J connectivity index is 1.50. The number of fused-ring (bicyclic) bond motifs is 2. The zero-order chi connectivity index (χ0) is 17.4. The third-order valence-electron chi connectivity index (χ3n) is 4.74. The van der Waals surface area contributed by atoms with Gasteiger partial charge in [-0.1, -0.05) is 42.5 Å². The molecule has 126 valence electrons. The molecule has 0 saturated carbocycles. The fourth-order valence-corrected chi connectivity index (χ4v) is 3.47. The second-order valence-corrected chi connectivity index (χ2v) is 6.36. The molecule has 2 aromatic carbocycles. The van der Waals surface area contributed by atoms with Crippen molar-refractivity contribution in [1.29, 1.82) is 0 Å². The van der Waals surface area contributed by atoms with Crippen LogP contribution in [0.2, 0.25) is 0 Å². The minimum absolute atomic E-state index is 0.0662. The summed E-state index contributed by atoms with van der Waals surface area (Å²) in [4.78, 5) is 24.8. The van der Waals surface area contributed by atoms with Gasteiger partial charge in [0.15, 0.2) is 0 Å². The first-order chi connectivity index (χ1) is 12.1. The van der Waals surface area contributed by atoms with Crippen LogP contribution in [0.15, 0.2) is 65.6 Å². The number of rotatable bonds is 3. The molecule has 0 aliphatic heterocycles. The zero-order valence-electron chi connectivity index (χ0n) is 13.6. The first-order valence-electron chi connectivity index (χ1n) is 8.27. The lowest BCUT2D eigenvalue weighted by Crippen LogP contribution is -2.41. The van der Waals surface area contributed by atoms with Gasteiger partial charge in [0.2, 0.25) is 5.91 Å². The van der Waals surface area contributed by atoms with E-state index in [1.165, 1.54) is 4.57 Å². The molecule has 0 saturated heterocycles. The fraction of sp³-hybridized carbons (Fsp3) is 0.200. The lowest BCUT2D eigenvalue weighted by molar-refractivity contribution is -0.123. The highest BCUT2D eigenvalue weighted by molar-refractivity contribution is 5.82. The molecule has 4 rings (SSSR count). The summed E-state index contributed by atoms with van der Waals surface area (Å²) in [6.45, 7) is -0.0662. The summed E-state index contributed by atoms with van der Waals surface area (Å²) in [7, 11) is 0. The van der Waals surface area contributed by atoms with Gasteiger partial charge in [-0.2, -0.15) is 0 Å². The summed E-state index contributed by atoms with van der Waals surface area (Å²) in [6, 6.07) is 16.4. The van der Waals surface area contributed by atoms with Crippen molar-refractivity contribution < 1.29 is 9.90 Å². The summed E-state index contributed by atoms with van der Waals surface area (Å²) in [5, 5.41) is 14.7. The second kappa shape index (κ2) is 6.18. The lowest BCUT2D eigenvalue weighted by atomic mass is 10.1. The predicted molar refractivity (Wildman–Crippen MR) is 95.2 cm³/mol. The first-order valence-corrected chi connectivity index (χ1v) is 8.27. The molecule has 2 N–H and O–H groups in total. The van der Waals surface area contributed by atoms with Crippen LogP contribution in [0.25, 0.3) is 10.8 Å². The summed E-state index contributed by atoms with van der Waals surface area (Å²) >= 11 is 0. The normalized spacial score (nSPS) is 18.9. The fourth-order valence-electron chi connectivity index (χ4n) is 3.47. The number of hydrogen-bond donors (Lipinski definition) is 2. The summed E-state index contributed by atoms with van der Waals surface area (Å²) < 4.78 is 1.39. The quantitative estimate of drug-likeness (QED) is 0.767. The molecule has 0 unspecified atom stereocenters. The molecule has 3 aromatic rings. The molecule has 0 spiro atoms. The van der Waals surface area contributed by atoms with Gasteiger partial charge in [-0.15, -0.1) is 0 Å². The molecule has 1 amide bonds. The highest BCUT2D eigenvalue weighted by atomic mass is 16.3. The average Bonchev–Trinajstić information content (AvgIpc) is 2.94. The van der Waals surface area contributed by atoms with Crippen molar-refractivity contribution in [3.05, 3.63) is 82.3 Å². The van der Waals surface area contributed by atoms with E-state index >= 15 is 0 Å². The Morgan fingerprint density at radius 3 is 2.72 bits per heavy atom. The summed E-state index contributed by atoms with van der Waals surface area (Å²) in [5.74, 6) is -0.283. The number of hydrogen-bond acceptors (Lipinski definition) is 3. The van der Waals surface area contributed by atoms with E-state index in [2.05, 4.69) is 5.32 Å². The van der Waals surface area contributed by atoms with Crippen LogP contribution < -0.4 is 10.9 Å². The maximum atomic E-state index is 12.5. The average molecular weight is 334 g/mol. The molecule has 1 heterocycles. The number of nitrogens with zero attached hydrogens (tertiary/aromatic N) is 1. The van der Waals surface area contributed by atoms with Crippen molar-refractivity contribution in [3.63, 3.8) is 0 Å². The number of aliphatic hydroxyl groups is 1. The minimum Gasteiger partial charge on any atom is -0.386 e. The Bertz CT molecular complexity index is 1010. The van der Waals surface area contributed by atoms with Gasteiger partial charge in [-0.25, -0.2) is 0 Å². The number of carbonyl (C=O) groups excluding carboxylic acids is 1. The monoisotopic (exact) mass is 334 g/mol. The van der Waals surface area contributed by atoms with Crippen LogP contribution in [0.3, 0.4) is 0 Å². The van der Waals surface area contributed by atoms with Crippen molar-refractivity contribution in [1.82, 2.24) is 9.88 Å². The van der Waals surface area contributed by atoms with Gasteiger partial charge in [0.1, 0.15) is 6.54 Å². The van der Waals surface area contributed by atoms with E-state index in [0.29, 0.717) is 11.8 Å². The van der Waals surface area contributed by atoms with Gasteiger partial charge in [0.25, 0.3) is 5.56 Å². The van der Waals surface area contributed by atoms with Gasteiger partial charge in [-0.05, 0) is 35.1 Å². The molecule has 5 nitrogen and oxygen atoms in total. The number of amides is 1. The van der Waals surface area contributed by atoms with Crippen LogP contribution in [0, 0.1) is 0 Å². The van der Waals surface area contributed by atoms with Crippen LogP contribution in [-0.2, 0) is 17.8 Å². The molecule has 1 aromatic heterocycles. The molecule has 25 heavy (non-hydrogen) atoms. The van der Waals surface area contributed by atoms with Crippen LogP contribution in [-0.4, -0.2) is 21.6 Å². The third-order valence-corrected chi connectivity index (χ3v) is 4.74. The lowest BCUT2D eigenvalue weighted by Gasteiger charge is -2.17. The van der Waals surface area contributed by atoms with Crippen LogP contribution in [0.5, 0.6) is 0 Å². The van der Waals surface area contributed by atoms with Gasteiger partial charge in [0.05, 0.1) is 12.1 Å². The number of nitrogens with one attached hydrogen (secondary N) is 1. The number of carbonyl (C=O) groups is 1. The second-order valence-electron chi connectivity index (χ2n) is 6.36. The van der Waals surface area contributed by atoms with Gasteiger partial charge in [-0.3, -0.25) is 9.59 Å². The standard InChI is InChI=1S/C20H18N2O3/c23-18(21-17-11-14-6-2-3-7-15(14)19(17)24)12-22-10-9-13-5-1-4-8-16(13)20(22)25/h1-10,17,19,24H,11-12H2,(H,21,23)/t17-,19-/m0/s1. The van der Waals surface area contributed by atoms with E-state index in [9.17, 15) is 14.7 Å². The SMILES string of the molecule is O=C(Cn1ccc2ccccc2c1=O)N[C@H]1Cc2ccccc2[C@@H]1O. The molecule has 1 aliphatic carbocycles.